The van der Waals surface area contributed by atoms with Gasteiger partial charge in [0.05, 0.1) is 5.03 Å². The first-order chi connectivity index (χ1) is 7.38. The topological polar surface area (TPSA) is 39.2 Å². The molecule has 1 fully saturated rings. The fraction of sp³-hybridized carbons (Fsp3) is 0.455. The molecule has 3 nitrogen and oxygen atoms in total. The van der Waals surface area contributed by atoms with Crippen molar-refractivity contribution in [3.8, 4) is 0 Å². The van der Waals surface area contributed by atoms with Gasteiger partial charge in [-0.2, -0.15) is 0 Å². The monoisotopic (exact) mass is 223 g/mol. The van der Waals surface area contributed by atoms with Crippen LogP contribution in [-0.2, 0) is 4.74 Å². The number of hydrogen-bond acceptors (Lipinski definition) is 4. The van der Waals surface area contributed by atoms with Crippen LogP contribution in [0, 0.1) is 0 Å². The molecule has 1 aliphatic heterocycles. The summed E-state index contributed by atoms with van der Waals surface area (Å²) in [4.78, 5) is 14.7. The molecule has 0 saturated carbocycles. The van der Waals surface area contributed by atoms with Crippen molar-refractivity contribution in [1.29, 1.82) is 0 Å². The van der Waals surface area contributed by atoms with Crippen molar-refractivity contribution in [3.63, 3.8) is 0 Å². The maximum atomic E-state index is 10.4. The number of nitrogens with zero attached hydrogens (tertiary/aromatic N) is 1. The van der Waals surface area contributed by atoms with Crippen molar-refractivity contribution < 1.29 is 9.53 Å². The number of aldehydes is 1. The molecule has 0 atom stereocenters. The van der Waals surface area contributed by atoms with Gasteiger partial charge in [-0.15, -0.1) is 11.8 Å². The number of hydrogen-bond donors (Lipinski definition) is 0. The molecule has 0 N–H and O–H groups in total. The summed E-state index contributed by atoms with van der Waals surface area (Å²) in [6.45, 7) is 1.70. The molecule has 80 valence electrons. The maximum absolute atomic E-state index is 10.4. The standard InChI is InChI=1S/C11H13NO2S/c13-8-9-1-2-11(12-7-9)15-10-3-5-14-6-4-10/h1-2,7-8,10H,3-6H2. The van der Waals surface area contributed by atoms with E-state index in [-0.39, 0.29) is 0 Å². The Bertz CT molecular complexity index is 320. The van der Waals surface area contributed by atoms with Crippen LogP contribution >= 0.6 is 11.8 Å². The number of carbonyl (C=O) groups excluding carboxylic acids is 1. The highest BCUT2D eigenvalue weighted by Crippen LogP contribution is 2.27. The quantitative estimate of drug-likeness (QED) is 0.736. The van der Waals surface area contributed by atoms with Crippen molar-refractivity contribution in [3.05, 3.63) is 23.9 Å². The molecule has 1 aromatic heterocycles. The van der Waals surface area contributed by atoms with Crippen molar-refractivity contribution in [2.24, 2.45) is 0 Å². The van der Waals surface area contributed by atoms with E-state index in [4.69, 9.17) is 4.74 Å². The van der Waals surface area contributed by atoms with E-state index < -0.39 is 0 Å². The molecule has 0 amide bonds. The van der Waals surface area contributed by atoms with Gasteiger partial charge < -0.3 is 4.74 Å². The van der Waals surface area contributed by atoms with E-state index in [0.717, 1.165) is 37.4 Å². The fourth-order valence-electron chi connectivity index (χ4n) is 1.50. The van der Waals surface area contributed by atoms with Crippen LogP contribution in [-0.4, -0.2) is 29.7 Å². The Morgan fingerprint density at radius 1 is 1.40 bits per heavy atom. The Balaban J connectivity index is 1.94. The van der Waals surface area contributed by atoms with Crippen molar-refractivity contribution in [2.75, 3.05) is 13.2 Å². The summed E-state index contributed by atoms with van der Waals surface area (Å²) in [5.41, 5.74) is 0.631. The van der Waals surface area contributed by atoms with Crippen LogP contribution in [0.1, 0.15) is 23.2 Å². The van der Waals surface area contributed by atoms with Crippen molar-refractivity contribution in [1.82, 2.24) is 4.98 Å². The lowest BCUT2D eigenvalue weighted by Crippen LogP contribution is -2.17. The molecular formula is C11H13NO2S. The summed E-state index contributed by atoms with van der Waals surface area (Å²) in [5, 5.41) is 1.60. The highest BCUT2D eigenvalue weighted by atomic mass is 32.2. The first-order valence-electron chi connectivity index (χ1n) is 5.04. The maximum Gasteiger partial charge on any atom is 0.151 e. The molecule has 15 heavy (non-hydrogen) atoms. The summed E-state index contributed by atoms with van der Waals surface area (Å²) < 4.78 is 5.29. The molecule has 1 aliphatic rings. The van der Waals surface area contributed by atoms with E-state index in [1.165, 1.54) is 0 Å². The second kappa shape index (κ2) is 5.28. The molecule has 1 saturated heterocycles. The molecule has 2 heterocycles. The van der Waals surface area contributed by atoms with Gasteiger partial charge in [-0.1, -0.05) is 0 Å². The Morgan fingerprint density at radius 3 is 2.80 bits per heavy atom. The van der Waals surface area contributed by atoms with E-state index in [0.29, 0.717) is 10.8 Å². The summed E-state index contributed by atoms with van der Waals surface area (Å²) >= 11 is 1.78. The van der Waals surface area contributed by atoms with Gasteiger partial charge >= 0.3 is 0 Å². The summed E-state index contributed by atoms with van der Waals surface area (Å²) in [5.74, 6) is 0. The molecule has 4 heteroatoms. The average molecular weight is 223 g/mol. The third-order valence-corrected chi connectivity index (χ3v) is 3.64. The molecule has 0 spiro atoms. The van der Waals surface area contributed by atoms with Crippen LogP contribution < -0.4 is 0 Å². The van der Waals surface area contributed by atoms with Crippen molar-refractivity contribution >= 4 is 18.0 Å². The lowest BCUT2D eigenvalue weighted by atomic mass is 10.2. The molecular weight excluding hydrogens is 210 g/mol. The fourth-order valence-corrected chi connectivity index (χ4v) is 2.53. The predicted octanol–water partition coefficient (Wildman–Crippen LogP) is 2.17. The van der Waals surface area contributed by atoms with Gasteiger partial charge in [0, 0.05) is 30.2 Å². The average Bonchev–Trinajstić information content (AvgIpc) is 2.31. The second-order valence-electron chi connectivity index (χ2n) is 3.48. The zero-order valence-electron chi connectivity index (χ0n) is 8.39. The molecule has 1 aromatic rings. The lowest BCUT2D eigenvalue weighted by molar-refractivity contribution is 0.1000. The SMILES string of the molecule is O=Cc1ccc(SC2CCOCC2)nc1. The van der Waals surface area contributed by atoms with Crippen molar-refractivity contribution in [2.45, 2.75) is 23.1 Å². The number of rotatable bonds is 3. The Hall–Kier alpha value is -0.870. The van der Waals surface area contributed by atoms with Crippen LogP contribution in [0.5, 0.6) is 0 Å². The van der Waals surface area contributed by atoms with Crippen LogP contribution in [0.25, 0.3) is 0 Å². The molecule has 0 aliphatic carbocycles. The predicted molar refractivity (Wildman–Crippen MR) is 59.3 cm³/mol. The van der Waals surface area contributed by atoms with Gasteiger partial charge in [-0.3, -0.25) is 4.79 Å². The molecule has 2 rings (SSSR count). The normalized spacial score (nSPS) is 17.6. The van der Waals surface area contributed by atoms with Gasteiger partial charge in [-0.05, 0) is 25.0 Å². The number of aromatic nitrogens is 1. The minimum absolute atomic E-state index is 0.605. The summed E-state index contributed by atoms with van der Waals surface area (Å²) in [6.07, 6.45) is 4.61. The van der Waals surface area contributed by atoms with Crippen LogP contribution in [0.4, 0.5) is 0 Å². The highest BCUT2D eigenvalue weighted by Gasteiger charge is 2.15. The van der Waals surface area contributed by atoms with E-state index in [1.807, 2.05) is 12.1 Å². The van der Waals surface area contributed by atoms with Gasteiger partial charge in [0.2, 0.25) is 0 Å². The number of pyridine rings is 1. The van der Waals surface area contributed by atoms with E-state index in [9.17, 15) is 4.79 Å². The molecule has 0 unspecified atom stereocenters. The number of thioether (sulfide) groups is 1. The summed E-state index contributed by atoms with van der Waals surface area (Å²) in [6, 6.07) is 3.71. The van der Waals surface area contributed by atoms with E-state index in [1.54, 1.807) is 18.0 Å². The van der Waals surface area contributed by atoms with E-state index >= 15 is 0 Å². The van der Waals surface area contributed by atoms with Crippen LogP contribution in [0.3, 0.4) is 0 Å². The lowest BCUT2D eigenvalue weighted by Gasteiger charge is -2.20. The third-order valence-electron chi connectivity index (χ3n) is 2.35. The number of carbonyl (C=O) groups is 1. The first kappa shape index (κ1) is 10.6. The van der Waals surface area contributed by atoms with Gasteiger partial charge in [0.25, 0.3) is 0 Å². The smallest absolute Gasteiger partial charge is 0.151 e. The van der Waals surface area contributed by atoms with Crippen LogP contribution in [0.15, 0.2) is 23.4 Å². The first-order valence-corrected chi connectivity index (χ1v) is 5.92. The van der Waals surface area contributed by atoms with Gasteiger partial charge in [0.15, 0.2) is 6.29 Å². The number of ether oxygens (including phenoxy) is 1. The second-order valence-corrected chi connectivity index (χ2v) is 4.80. The zero-order valence-corrected chi connectivity index (χ0v) is 9.20. The molecule has 0 bridgehead atoms. The zero-order chi connectivity index (χ0) is 10.5. The summed E-state index contributed by atoms with van der Waals surface area (Å²) in [7, 11) is 0. The minimum atomic E-state index is 0.605. The molecule has 0 radical (unpaired) electrons. The highest BCUT2D eigenvalue weighted by molar-refractivity contribution is 7.99. The van der Waals surface area contributed by atoms with Gasteiger partial charge in [-0.25, -0.2) is 4.98 Å². The Labute approximate surface area is 93.2 Å². The Kier molecular flexibility index (Phi) is 3.75. The van der Waals surface area contributed by atoms with E-state index in [2.05, 4.69) is 4.98 Å². The van der Waals surface area contributed by atoms with Gasteiger partial charge in [0.1, 0.15) is 0 Å². The Morgan fingerprint density at radius 2 is 2.20 bits per heavy atom. The largest absolute Gasteiger partial charge is 0.381 e. The molecule has 0 aromatic carbocycles. The minimum Gasteiger partial charge on any atom is -0.381 e. The van der Waals surface area contributed by atoms with Crippen LogP contribution in [0.2, 0.25) is 0 Å². The third kappa shape index (κ3) is 3.04.